The van der Waals surface area contributed by atoms with Gasteiger partial charge >= 0.3 is 0 Å². The summed E-state index contributed by atoms with van der Waals surface area (Å²) in [6, 6.07) is 9.30. The van der Waals surface area contributed by atoms with Gasteiger partial charge in [-0.2, -0.15) is 0 Å². The van der Waals surface area contributed by atoms with E-state index in [1.807, 2.05) is 13.8 Å². The number of alkyl halides is 2. The fourth-order valence-electron chi connectivity index (χ4n) is 1.83. The van der Waals surface area contributed by atoms with Gasteiger partial charge in [-0.1, -0.05) is 32.0 Å². The molecule has 122 valence electrons. The molecule has 1 aromatic carbocycles. The molecule has 0 saturated heterocycles. The molecule has 23 heavy (non-hydrogen) atoms. The minimum Gasteiger partial charge on any atom is -0.473 e. The molecular formula is C17H18F2N2O2. The Kier molecular flexibility index (Phi) is 7.48. The Morgan fingerprint density at radius 1 is 1.17 bits per heavy atom. The van der Waals surface area contributed by atoms with Crippen LogP contribution in [0.5, 0.6) is 11.6 Å². The first-order valence-electron chi connectivity index (χ1n) is 7.14. The van der Waals surface area contributed by atoms with Crippen molar-refractivity contribution in [2.75, 3.05) is 0 Å². The summed E-state index contributed by atoms with van der Waals surface area (Å²) >= 11 is 0. The number of pyridine rings is 1. The first kappa shape index (κ1) is 18.4. The second-order valence-corrected chi connectivity index (χ2v) is 4.22. The lowest BCUT2D eigenvalue weighted by Gasteiger charge is -2.13. The van der Waals surface area contributed by atoms with E-state index in [1.165, 1.54) is 24.5 Å². The molecule has 0 fully saturated rings. The van der Waals surface area contributed by atoms with Crippen LogP contribution in [0.15, 0.2) is 36.4 Å². The number of aromatic nitrogens is 1. The monoisotopic (exact) mass is 320 g/mol. The van der Waals surface area contributed by atoms with E-state index >= 15 is 0 Å². The molecule has 0 bridgehead atoms. The van der Waals surface area contributed by atoms with E-state index in [2.05, 4.69) is 4.98 Å². The Labute approximate surface area is 134 Å². The number of benzene rings is 1. The average Bonchev–Trinajstić information content (AvgIpc) is 2.55. The van der Waals surface area contributed by atoms with E-state index in [9.17, 15) is 8.78 Å². The summed E-state index contributed by atoms with van der Waals surface area (Å²) in [5, 5.41) is 8.58. The van der Waals surface area contributed by atoms with Crippen molar-refractivity contribution in [3.05, 3.63) is 53.2 Å². The molecule has 0 spiro atoms. The van der Waals surface area contributed by atoms with Crippen molar-refractivity contribution in [3.8, 4) is 17.9 Å². The standard InChI is InChI=1S/C15H12F2N2O2.C2H6/c1-10-4-2-7-14(19-10)20-8-12-11(15(16)17)5-3-6-13(12)21-9-18;1-2/h2-7,15H,8H2,1H3;1-2H3. The highest BCUT2D eigenvalue weighted by molar-refractivity contribution is 5.41. The van der Waals surface area contributed by atoms with Crippen molar-refractivity contribution in [2.24, 2.45) is 0 Å². The molecule has 1 aromatic heterocycles. The van der Waals surface area contributed by atoms with Gasteiger partial charge in [-0.05, 0) is 19.1 Å². The molecule has 2 aromatic rings. The molecule has 0 atom stereocenters. The van der Waals surface area contributed by atoms with Gasteiger partial charge in [0.2, 0.25) is 5.88 Å². The van der Waals surface area contributed by atoms with Gasteiger partial charge in [-0.15, -0.1) is 5.26 Å². The van der Waals surface area contributed by atoms with E-state index in [4.69, 9.17) is 14.7 Å². The third-order valence-corrected chi connectivity index (χ3v) is 2.79. The Balaban J connectivity index is 0.00000127. The van der Waals surface area contributed by atoms with E-state index in [0.29, 0.717) is 5.88 Å². The molecule has 0 amide bonds. The van der Waals surface area contributed by atoms with Crippen LogP contribution in [-0.2, 0) is 6.61 Å². The van der Waals surface area contributed by atoms with Gasteiger partial charge in [0, 0.05) is 22.9 Å². The smallest absolute Gasteiger partial charge is 0.292 e. The van der Waals surface area contributed by atoms with Crippen LogP contribution in [0.3, 0.4) is 0 Å². The zero-order valence-corrected chi connectivity index (χ0v) is 13.2. The Morgan fingerprint density at radius 2 is 1.87 bits per heavy atom. The van der Waals surface area contributed by atoms with Crippen molar-refractivity contribution in [2.45, 2.75) is 33.8 Å². The van der Waals surface area contributed by atoms with Gasteiger partial charge in [0.1, 0.15) is 12.4 Å². The van der Waals surface area contributed by atoms with Crippen molar-refractivity contribution in [1.29, 1.82) is 5.26 Å². The van der Waals surface area contributed by atoms with Crippen LogP contribution in [-0.4, -0.2) is 4.98 Å². The predicted octanol–water partition coefficient (Wildman–Crippen LogP) is 4.79. The molecule has 0 aliphatic carbocycles. The van der Waals surface area contributed by atoms with E-state index in [1.54, 1.807) is 25.1 Å². The highest BCUT2D eigenvalue weighted by Gasteiger charge is 2.18. The van der Waals surface area contributed by atoms with Crippen LogP contribution in [0, 0.1) is 18.4 Å². The molecule has 2 rings (SSSR count). The largest absolute Gasteiger partial charge is 0.473 e. The lowest BCUT2D eigenvalue weighted by atomic mass is 10.1. The molecular weight excluding hydrogens is 302 g/mol. The Hall–Kier alpha value is -2.68. The summed E-state index contributed by atoms with van der Waals surface area (Å²) in [7, 11) is 0. The minimum atomic E-state index is -2.68. The van der Waals surface area contributed by atoms with E-state index in [-0.39, 0.29) is 23.5 Å². The van der Waals surface area contributed by atoms with Gasteiger partial charge in [0.25, 0.3) is 12.7 Å². The van der Waals surface area contributed by atoms with Crippen LogP contribution >= 0.6 is 0 Å². The number of rotatable bonds is 5. The van der Waals surface area contributed by atoms with Crippen LogP contribution in [0.2, 0.25) is 0 Å². The average molecular weight is 320 g/mol. The topological polar surface area (TPSA) is 55.1 Å². The normalized spacial score (nSPS) is 9.61. The molecule has 0 aliphatic rings. The molecule has 1 heterocycles. The van der Waals surface area contributed by atoms with Gasteiger partial charge in [0.15, 0.2) is 0 Å². The van der Waals surface area contributed by atoms with Crippen LogP contribution in [0.1, 0.15) is 37.1 Å². The summed E-state index contributed by atoms with van der Waals surface area (Å²) in [5.74, 6) is 0.380. The summed E-state index contributed by atoms with van der Waals surface area (Å²) in [6.45, 7) is 5.64. The molecule has 6 heteroatoms. The first-order valence-corrected chi connectivity index (χ1v) is 7.14. The number of halogens is 2. The zero-order chi connectivity index (χ0) is 17.2. The van der Waals surface area contributed by atoms with Crippen molar-refractivity contribution >= 4 is 0 Å². The number of nitrogens with zero attached hydrogens (tertiary/aromatic N) is 2. The van der Waals surface area contributed by atoms with Gasteiger partial charge < -0.3 is 9.47 Å². The second-order valence-electron chi connectivity index (χ2n) is 4.22. The second kappa shape index (κ2) is 9.36. The van der Waals surface area contributed by atoms with E-state index in [0.717, 1.165) is 5.69 Å². The zero-order valence-electron chi connectivity index (χ0n) is 13.2. The highest BCUT2D eigenvalue weighted by atomic mass is 19.3. The maximum atomic E-state index is 13.0. The van der Waals surface area contributed by atoms with Gasteiger partial charge in [-0.25, -0.2) is 13.8 Å². The predicted molar refractivity (Wildman–Crippen MR) is 82.3 cm³/mol. The SMILES string of the molecule is CC.Cc1cccc(OCc2c(OC#N)cccc2C(F)F)n1. The molecule has 0 saturated carbocycles. The summed E-state index contributed by atoms with van der Waals surface area (Å²) in [6.07, 6.45) is -1.20. The van der Waals surface area contributed by atoms with E-state index < -0.39 is 6.43 Å². The third kappa shape index (κ3) is 5.22. The lowest BCUT2D eigenvalue weighted by Crippen LogP contribution is -2.04. The summed E-state index contributed by atoms with van der Waals surface area (Å²) in [4.78, 5) is 4.12. The number of hydrogen-bond donors (Lipinski definition) is 0. The number of aryl methyl sites for hydroxylation is 1. The molecule has 0 aliphatic heterocycles. The fourth-order valence-corrected chi connectivity index (χ4v) is 1.83. The van der Waals surface area contributed by atoms with Crippen molar-refractivity contribution in [3.63, 3.8) is 0 Å². The third-order valence-electron chi connectivity index (χ3n) is 2.79. The molecule has 0 unspecified atom stereocenters. The summed E-state index contributed by atoms with van der Waals surface area (Å²) in [5.41, 5.74) is 0.663. The number of nitriles is 1. The lowest BCUT2D eigenvalue weighted by molar-refractivity contribution is 0.147. The fraction of sp³-hybridized carbons (Fsp3) is 0.294. The first-order chi connectivity index (χ1) is 11.1. The minimum absolute atomic E-state index is 0.0583. The van der Waals surface area contributed by atoms with Crippen molar-refractivity contribution in [1.82, 2.24) is 4.98 Å². The maximum Gasteiger partial charge on any atom is 0.292 e. The highest BCUT2D eigenvalue weighted by Crippen LogP contribution is 2.30. The molecule has 0 radical (unpaired) electrons. The van der Waals surface area contributed by atoms with Crippen LogP contribution < -0.4 is 9.47 Å². The maximum absolute atomic E-state index is 13.0. The van der Waals surface area contributed by atoms with Gasteiger partial charge in [-0.3, -0.25) is 0 Å². The molecule has 4 nitrogen and oxygen atoms in total. The number of ether oxygens (including phenoxy) is 2. The van der Waals surface area contributed by atoms with Crippen LogP contribution in [0.4, 0.5) is 8.78 Å². The Bertz CT molecular complexity index is 670. The summed E-state index contributed by atoms with van der Waals surface area (Å²) < 4.78 is 36.2. The Morgan fingerprint density at radius 3 is 2.48 bits per heavy atom. The quantitative estimate of drug-likeness (QED) is 0.743. The number of hydrogen-bond acceptors (Lipinski definition) is 4. The van der Waals surface area contributed by atoms with Crippen LogP contribution in [0.25, 0.3) is 0 Å². The molecule has 0 N–H and O–H groups in total. The van der Waals surface area contributed by atoms with Gasteiger partial charge in [0.05, 0.1) is 0 Å². The van der Waals surface area contributed by atoms with Crippen molar-refractivity contribution < 1.29 is 18.3 Å².